The largest absolute Gasteiger partial charge is 0.454 e. The fourth-order valence-electron chi connectivity index (χ4n) is 0.984. The van der Waals surface area contributed by atoms with E-state index in [0.717, 1.165) is 12.1 Å². The molecule has 0 aliphatic heterocycles. The molecule has 0 radical (unpaired) electrons. The first kappa shape index (κ1) is 11.1. The van der Waals surface area contributed by atoms with Crippen molar-refractivity contribution in [2.45, 2.75) is 18.7 Å². The molecule has 0 fully saturated rings. The predicted octanol–water partition coefficient (Wildman–Crippen LogP) is 1.68. The number of furan rings is 1. The molecule has 0 aliphatic rings. The van der Waals surface area contributed by atoms with Crippen LogP contribution in [-0.2, 0) is 6.18 Å². The molecule has 1 aromatic rings. The molecule has 6 heteroatoms. The van der Waals surface area contributed by atoms with Gasteiger partial charge in [0.1, 0.15) is 11.9 Å². The molecule has 0 amide bonds. The lowest BCUT2D eigenvalue weighted by Gasteiger charge is -2.05. The van der Waals surface area contributed by atoms with Crippen LogP contribution in [0, 0.1) is 0 Å². The Hall–Kier alpha value is -1.01. The van der Waals surface area contributed by atoms with Gasteiger partial charge in [0.25, 0.3) is 0 Å². The van der Waals surface area contributed by atoms with Gasteiger partial charge in [0.15, 0.2) is 0 Å². The Morgan fingerprint density at radius 1 is 1.43 bits per heavy atom. The van der Waals surface area contributed by atoms with Crippen LogP contribution in [-0.4, -0.2) is 11.7 Å². The van der Waals surface area contributed by atoms with Gasteiger partial charge in [-0.3, -0.25) is 0 Å². The summed E-state index contributed by atoms with van der Waals surface area (Å²) < 4.78 is 40.6. The van der Waals surface area contributed by atoms with Gasteiger partial charge < -0.3 is 15.3 Å². The SMILES string of the molecule is NCCC(O)c1ccc(C(F)(F)F)o1. The lowest BCUT2D eigenvalue weighted by atomic mass is 10.2. The van der Waals surface area contributed by atoms with Gasteiger partial charge in [-0.15, -0.1) is 0 Å². The van der Waals surface area contributed by atoms with Gasteiger partial charge in [-0.25, -0.2) is 0 Å². The average molecular weight is 209 g/mol. The normalized spacial score (nSPS) is 14.4. The number of hydrogen-bond donors (Lipinski definition) is 2. The van der Waals surface area contributed by atoms with Crippen LogP contribution in [0.25, 0.3) is 0 Å². The molecule has 0 bridgehead atoms. The summed E-state index contributed by atoms with van der Waals surface area (Å²) in [5, 5.41) is 9.26. The Kier molecular flexibility index (Phi) is 3.17. The minimum absolute atomic E-state index is 0.109. The van der Waals surface area contributed by atoms with Crippen LogP contribution in [0.1, 0.15) is 24.0 Å². The van der Waals surface area contributed by atoms with E-state index in [9.17, 15) is 18.3 Å². The van der Waals surface area contributed by atoms with Crippen molar-refractivity contribution in [3.8, 4) is 0 Å². The number of hydrogen-bond acceptors (Lipinski definition) is 3. The van der Waals surface area contributed by atoms with E-state index in [1.54, 1.807) is 0 Å². The summed E-state index contributed by atoms with van der Waals surface area (Å²) in [6.45, 7) is 0.184. The van der Waals surface area contributed by atoms with Crippen LogP contribution in [0.15, 0.2) is 16.5 Å². The molecule has 1 unspecified atom stereocenters. The van der Waals surface area contributed by atoms with Crippen molar-refractivity contribution in [1.29, 1.82) is 0 Å². The standard InChI is InChI=1S/C8H10F3NO2/c9-8(10,11)7-2-1-6(14-7)5(13)3-4-12/h1-2,5,13H,3-4,12H2. The predicted molar refractivity (Wildman–Crippen MR) is 42.3 cm³/mol. The van der Waals surface area contributed by atoms with Crippen LogP contribution < -0.4 is 5.73 Å². The Balaban J connectivity index is 2.78. The van der Waals surface area contributed by atoms with Gasteiger partial charge in [-0.05, 0) is 25.1 Å². The molecule has 3 nitrogen and oxygen atoms in total. The van der Waals surface area contributed by atoms with Crippen LogP contribution in [0.2, 0.25) is 0 Å². The molecular weight excluding hydrogens is 199 g/mol. The highest BCUT2D eigenvalue weighted by molar-refractivity contribution is 5.11. The summed E-state index contributed by atoms with van der Waals surface area (Å²) in [7, 11) is 0. The summed E-state index contributed by atoms with van der Waals surface area (Å²) in [6.07, 6.45) is -5.41. The molecule has 1 rings (SSSR count). The second kappa shape index (κ2) is 4.02. The number of halogens is 3. The van der Waals surface area contributed by atoms with E-state index < -0.39 is 18.0 Å². The van der Waals surface area contributed by atoms with Crippen molar-refractivity contribution in [2.75, 3.05) is 6.54 Å². The molecule has 14 heavy (non-hydrogen) atoms. The molecule has 1 aromatic heterocycles. The average Bonchev–Trinajstić information content (AvgIpc) is 2.51. The Labute approximate surface area is 78.3 Å². The zero-order valence-corrected chi connectivity index (χ0v) is 7.21. The van der Waals surface area contributed by atoms with Gasteiger partial charge in [0.2, 0.25) is 5.76 Å². The maximum absolute atomic E-state index is 12.1. The van der Waals surface area contributed by atoms with E-state index in [4.69, 9.17) is 5.73 Å². The summed E-state index contributed by atoms with van der Waals surface area (Å²) >= 11 is 0. The Bertz CT molecular complexity index is 295. The first-order valence-electron chi connectivity index (χ1n) is 4.00. The van der Waals surface area contributed by atoms with Crippen molar-refractivity contribution < 1.29 is 22.7 Å². The minimum atomic E-state index is -4.51. The first-order chi connectivity index (χ1) is 6.45. The van der Waals surface area contributed by atoms with E-state index in [-0.39, 0.29) is 18.7 Å². The van der Waals surface area contributed by atoms with E-state index >= 15 is 0 Å². The van der Waals surface area contributed by atoms with Crippen molar-refractivity contribution in [1.82, 2.24) is 0 Å². The van der Waals surface area contributed by atoms with E-state index in [0.29, 0.717) is 0 Å². The van der Waals surface area contributed by atoms with E-state index in [1.807, 2.05) is 0 Å². The van der Waals surface area contributed by atoms with Gasteiger partial charge >= 0.3 is 6.18 Å². The smallest absolute Gasteiger partial charge is 0.449 e. The number of alkyl halides is 3. The maximum atomic E-state index is 12.1. The molecule has 0 saturated heterocycles. The highest BCUT2D eigenvalue weighted by Crippen LogP contribution is 2.32. The number of aliphatic hydroxyl groups is 1. The molecule has 0 aromatic carbocycles. The van der Waals surface area contributed by atoms with Crippen molar-refractivity contribution >= 4 is 0 Å². The van der Waals surface area contributed by atoms with Crippen molar-refractivity contribution in [3.63, 3.8) is 0 Å². The van der Waals surface area contributed by atoms with Crippen molar-refractivity contribution in [3.05, 3.63) is 23.7 Å². The molecule has 1 atom stereocenters. The highest BCUT2D eigenvalue weighted by Gasteiger charge is 2.35. The molecule has 80 valence electrons. The van der Waals surface area contributed by atoms with Crippen molar-refractivity contribution in [2.24, 2.45) is 5.73 Å². The van der Waals surface area contributed by atoms with Crippen LogP contribution in [0.5, 0.6) is 0 Å². The third kappa shape index (κ3) is 2.49. The van der Waals surface area contributed by atoms with Gasteiger partial charge in [0.05, 0.1) is 0 Å². The summed E-state index contributed by atoms with van der Waals surface area (Å²) in [5.74, 6) is -1.22. The lowest BCUT2D eigenvalue weighted by Crippen LogP contribution is -2.06. The fraction of sp³-hybridized carbons (Fsp3) is 0.500. The number of nitrogens with two attached hydrogens (primary N) is 1. The zero-order valence-electron chi connectivity index (χ0n) is 7.21. The Morgan fingerprint density at radius 2 is 2.07 bits per heavy atom. The fourth-order valence-corrected chi connectivity index (χ4v) is 0.984. The third-order valence-electron chi connectivity index (χ3n) is 1.67. The third-order valence-corrected chi connectivity index (χ3v) is 1.67. The van der Waals surface area contributed by atoms with Crippen LogP contribution >= 0.6 is 0 Å². The topological polar surface area (TPSA) is 59.4 Å². The second-order valence-electron chi connectivity index (χ2n) is 2.79. The quantitative estimate of drug-likeness (QED) is 0.796. The van der Waals surface area contributed by atoms with Gasteiger partial charge in [-0.2, -0.15) is 13.2 Å². The first-order valence-corrected chi connectivity index (χ1v) is 4.00. The summed E-state index contributed by atoms with van der Waals surface area (Å²) in [6, 6.07) is 1.89. The van der Waals surface area contributed by atoms with Crippen LogP contribution in [0.4, 0.5) is 13.2 Å². The summed E-state index contributed by atoms with van der Waals surface area (Å²) in [4.78, 5) is 0. The Morgan fingerprint density at radius 3 is 2.50 bits per heavy atom. The summed E-state index contributed by atoms with van der Waals surface area (Å²) in [5.41, 5.74) is 5.14. The van der Waals surface area contributed by atoms with E-state index in [2.05, 4.69) is 4.42 Å². The molecular formula is C8H10F3NO2. The van der Waals surface area contributed by atoms with Crippen LogP contribution in [0.3, 0.4) is 0 Å². The monoisotopic (exact) mass is 209 g/mol. The maximum Gasteiger partial charge on any atom is 0.449 e. The number of rotatable bonds is 3. The van der Waals surface area contributed by atoms with E-state index in [1.165, 1.54) is 0 Å². The zero-order chi connectivity index (χ0) is 10.8. The molecule has 3 N–H and O–H groups in total. The number of aliphatic hydroxyl groups excluding tert-OH is 1. The molecule has 0 aliphatic carbocycles. The molecule has 0 spiro atoms. The molecule has 1 heterocycles. The highest BCUT2D eigenvalue weighted by atomic mass is 19.4. The minimum Gasteiger partial charge on any atom is -0.454 e. The molecule has 0 saturated carbocycles. The van der Waals surface area contributed by atoms with Gasteiger partial charge in [-0.1, -0.05) is 0 Å². The lowest BCUT2D eigenvalue weighted by molar-refractivity contribution is -0.154. The van der Waals surface area contributed by atoms with Gasteiger partial charge in [0, 0.05) is 0 Å². The second-order valence-corrected chi connectivity index (χ2v) is 2.79.